The molecule has 92 valence electrons. The van der Waals surface area contributed by atoms with Gasteiger partial charge in [0.15, 0.2) is 0 Å². The molecule has 0 bridgehead atoms. The number of nitrogens with two attached hydrogens (primary N) is 1. The van der Waals surface area contributed by atoms with Crippen LogP contribution in [0.3, 0.4) is 0 Å². The van der Waals surface area contributed by atoms with Crippen LogP contribution in [-0.2, 0) is 13.1 Å². The smallest absolute Gasteiger partial charge is 0.123 e. The van der Waals surface area contributed by atoms with E-state index >= 15 is 0 Å². The lowest BCUT2D eigenvalue weighted by Gasteiger charge is -2.07. The van der Waals surface area contributed by atoms with Gasteiger partial charge in [0.1, 0.15) is 11.6 Å². The molecule has 0 aliphatic heterocycles. The third-order valence-corrected chi connectivity index (χ3v) is 2.95. The highest BCUT2D eigenvalue weighted by Gasteiger charge is 2.09. The van der Waals surface area contributed by atoms with Gasteiger partial charge in [-0.3, -0.25) is 0 Å². The molecule has 0 saturated carbocycles. The van der Waals surface area contributed by atoms with Crippen LogP contribution < -0.4 is 10.5 Å². The van der Waals surface area contributed by atoms with Crippen LogP contribution in [0, 0.1) is 0 Å². The summed E-state index contributed by atoms with van der Waals surface area (Å²) in [5.74, 6) is 1.78. The average molecular weight is 233 g/mol. The second-order valence-electron chi connectivity index (χ2n) is 4.09. The fourth-order valence-corrected chi connectivity index (χ4v) is 2.01. The van der Waals surface area contributed by atoms with Crippen molar-refractivity contribution in [1.29, 1.82) is 0 Å². The Morgan fingerprint density at radius 2 is 2.24 bits per heavy atom. The molecule has 1 aromatic carbocycles. The van der Waals surface area contributed by atoms with E-state index in [1.807, 2.05) is 12.1 Å². The second-order valence-corrected chi connectivity index (χ2v) is 4.09. The molecule has 17 heavy (non-hydrogen) atoms. The highest BCUT2D eigenvalue weighted by molar-refractivity contribution is 5.77. The Hall–Kier alpha value is -1.55. The van der Waals surface area contributed by atoms with Crippen molar-refractivity contribution in [2.24, 2.45) is 5.73 Å². The van der Waals surface area contributed by atoms with E-state index in [2.05, 4.69) is 22.5 Å². The van der Waals surface area contributed by atoms with Crippen molar-refractivity contribution < 1.29 is 4.74 Å². The molecule has 2 N–H and O–H groups in total. The summed E-state index contributed by atoms with van der Waals surface area (Å²) in [4.78, 5) is 4.55. The van der Waals surface area contributed by atoms with Gasteiger partial charge in [0.25, 0.3) is 0 Å². The molecule has 4 nitrogen and oxygen atoms in total. The minimum absolute atomic E-state index is 0.473. The van der Waals surface area contributed by atoms with Crippen LogP contribution >= 0.6 is 0 Å². The van der Waals surface area contributed by atoms with Crippen molar-refractivity contribution >= 4 is 11.0 Å². The summed E-state index contributed by atoms with van der Waals surface area (Å²) in [6.07, 6.45) is 2.31. The molecule has 0 amide bonds. The monoisotopic (exact) mass is 233 g/mol. The van der Waals surface area contributed by atoms with Gasteiger partial charge in [-0.05, 0) is 18.6 Å². The van der Waals surface area contributed by atoms with Crippen molar-refractivity contribution in [2.75, 3.05) is 7.11 Å². The predicted molar refractivity (Wildman–Crippen MR) is 69.1 cm³/mol. The molecule has 0 spiro atoms. The van der Waals surface area contributed by atoms with E-state index in [0.717, 1.165) is 35.6 Å². The van der Waals surface area contributed by atoms with Gasteiger partial charge in [0.05, 0.1) is 24.7 Å². The fraction of sp³-hybridized carbons (Fsp3) is 0.462. The van der Waals surface area contributed by atoms with Crippen molar-refractivity contribution in [3.05, 3.63) is 24.0 Å². The minimum atomic E-state index is 0.473. The largest absolute Gasteiger partial charge is 0.497 e. The lowest BCUT2D eigenvalue weighted by atomic mass is 10.3. The summed E-state index contributed by atoms with van der Waals surface area (Å²) < 4.78 is 7.41. The summed E-state index contributed by atoms with van der Waals surface area (Å²) in [6.45, 7) is 3.64. The van der Waals surface area contributed by atoms with E-state index in [1.54, 1.807) is 7.11 Å². The summed E-state index contributed by atoms with van der Waals surface area (Å²) in [5, 5.41) is 0. The molecule has 0 saturated heterocycles. The van der Waals surface area contributed by atoms with E-state index in [-0.39, 0.29) is 0 Å². The molecule has 0 radical (unpaired) electrons. The molecular formula is C13H19N3O. The molecular weight excluding hydrogens is 214 g/mol. The number of rotatable bonds is 5. The highest BCUT2D eigenvalue weighted by Crippen LogP contribution is 2.22. The molecule has 2 rings (SSSR count). The topological polar surface area (TPSA) is 53.1 Å². The fourth-order valence-electron chi connectivity index (χ4n) is 2.01. The Labute approximate surface area is 101 Å². The molecule has 4 heteroatoms. The number of aromatic nitrogens is 2. The van der Waals surface area contributed by atoms with Crippen LogP contribution in [0.15, 0.2) is 18.2 Å². The quantitative estimate of drug-likeness (QED) is 0.862. The van der Waals surface area contributed by atoms with E-state index < -0.39 is 0 Å². The van der Waals surface area contributed by atoms with E-state index in [4.69, 9.17) is 10.5 Å². The summed E-state index contributed by atoms with van der Waals surface area (Å²) >= 11 is 0. The van der Waals surface area contributed by atoms with E-state index in [0.29, 0.717) is 6.54 Å². The Kier molecular flexibility index (Phi) is 3.64. The minimum Gasteiger partial charge on any atom is -0.497 e. The number of aryl methyl sites for hydroxylation is 1. The Bertz CT molecular complexity index is 505. The summed E-state index contributed by atoms with van der Waals surface area (Å²) in [5.41, 5.74) is 7.84. The van der Waals surface area contributed by atoms with Crippen LogP contribution in [0.4, 0.5) is 0 Å². The number of imidazole rings is 1. The maximum absolute atomic E-state index is 5.74. The molecule has 0 unspecified atom stereocenters. The molecule has 2 aromatic rings. The van der Waals surface area contributed by atoms with Crippen molar-refractivity contribution in [1.82, 2.24) is 9.55 Å². The summed E-state index contributed by atoms with van der Waals surface area (Å²) in [7, 11) is 1.67. The van der Waals surface area contributed by atoms with E-state index in [9.17, 15) is 0 Å². The van der Waals surface area contributed by atoms with Gasteiger partial charge in [0, 0.05) is 12.6 Å². The van der Waals surface area contributed by atoms with Crippen molar-refractivity contribution in [3.8, 4) is 5.75 Å². The third-order valence-electron chi connectivity index (χ3n) is 2.95. The van der Waals surface area contributed by atoms with Gasteiger partial charge in [-0.25, -0.2) is 4.98 Å². The molecule has 0 atom stereocenters. The molecule has 0 aliphatic rings. The average Bonchev–Trinajstić information content (AvgIpc) is 2.72. The number of methoxy groups -OCH3 is 1. The zero-order chi connectivity index (χ0) is 12.3. The maximum Gasteiger partial charge on any atom is 0.123 e. The number of unbranched alkanes of at least 4 members (excludes halogenated alkanes) is 1. The van der Waals surface area contributed by atoms with E-state index in [1.165, 1.54) is 6.42 Å². The lowest BCUT2D eigenvalue weighted by molar-refractivity contribution is 0.415. The van der Waals surface area contributed by atoms with Gasteiger partial charge in [-0.1, -0.05) is 13.3 Å². The molecule has 1 aromatic heterocycles. The number of hydrogen-bond acceptors (Lipinski definition) is 3. The van der Waals surface area contributed by atoms with Crippen molar-refractivity contribution in [3.63, 3.8) is 0 Å². The second kappa shape index (κ2) is 5.19. The van der Waals surface area contributed by atoms with Gasteiger partial charge in [-0.2, -0.15) is 0 Å². The van der Waals surface area contributed by atoms with Crippen LogP contribution in [0.25, 0.3) is 11.0 Å². The normalized spacial score (nSPS) is 11.0. The van der Waals surface area contributed by atoms with Crippen LogP contribution in [0.2, 0.25) is 0 Å². The number of nitrogens with zero attached hydrogens (tertiary/aromatic N) is 2. The van der Waals surface area contributed by atoms with Gasteiger partial charge < -0.3 is 15.0 Å². The predicted octanol–water partition coefficient (Wildman–Crippen LogP) is 2.30. The Morgan fingerprint density at radius 3 is 2.88 bits per heavy atom. The Morgan fingerprint density at radius 1 is 1.41 bits per heavy atom. The first kappa shape index (κ1) is 11.9. The van der Waals surface area contributed by atoms with Gasteiger partial charge in [-0.15, -0.1) is 0 Å². The maximum atomic E-state index is 5.74. The first-order chi connectivity index (χ1) is 8.30. The molecule has 0 fully saturated rings. The first-order valence-electron chi connectivity index (χ1n) is 6.03. The van der Waals surface area contributed by atoms with Crippen LogP contribution in [-0.4, -0.2) is 16.7 Å². The highest BCUT2D eigenvalue weighted by atomic mass is 16.5. The Balaban J connectivity index is 2.47. The SMILES string of the molecule is CCCCn1c(CN)nc2cc(OC)ccc21. The summed E-state index contributed by atoms with van der Waals surface area (Å²) in [6, 6.07) is 5.97. The lowest BCUT2D eigenvalue weighted by Crippen LogP contribution is -2.08. The van der Waals surface area contributed by atoms with Crippen molar-refractivity contribution in [2.45, 2.75) is 32.9 Å². The van der Waals surface area contributed by atoms with Gasteiger partial charge in [0.2, 0.25) is 0 Å². The first-order valence-corrected chi connectivity index (χ1v) is 6.03. The molecule has 0 aliphatic carbocycles. The number of fused-ring (bicyclic) bond motifs is 1. The molecule has 1 heterocycles. The number of hydrogen-bond donors (Lipinski definition) is 1. The third kappa shape index (κ3) is 2.26. The van der Waals surface area contributed by atoms with Crippen LogP contribution in [0.5, 0.6) is 5.75 Å². The number of ether oxygens (including phenoxy) is 1. The zero-order valence-corrected chi connectivity index (χ0v) is 10.4. The zero-order valence-electron chi connectivity index (χ0n) is 10.4. The van der Waals surface area contributed by atoms with Gasteiger partial charge >= 0.3 is 0 Å². The standard InChI is InChI=1S/C13H19N3O/c1-3-4-7-16-12-6-5-10(17-2)8-11(12)15-13(16)9-14/h5-6,8H,3-4,7,9,14H2,1-2H3. The van der Waals surface area contributed by atoms with Crippen LogP contribution in [0.1, 0.15) is 25.6 Å². The number of benzene rings is 1.